The van der Waals surface area contributed by atoms with Crippen molar-refractivity contribution in [2.75, 3.05) is 23.3 Å². The van der Waals surface area contributed by atoms with Crippen LogP contribution in [-0.2, 0) is 10.2 Å². The molecule has 0 spiro atoms. The predicted molar refractivity (Wildman–Crippen MR) is 101 cm³/mol. The van der Waals surface area contributed by atoms with E-state index in [4.69, 9.17) is 11.6 Å². The summed E-state index contributed by atoms with van der Waals surface area (Å²) in [4.78, 5) is 15.1. The van der Waals surface area contributed by atoms with Crippen molar-refractivity contribution in [1.82, 2.24) is 0 Å². The number of hydrogen-bond acceptors (Lipinski definition) is 2. The highest BCUT2D eigenvalue weighted by Crippen LogP contribution is 2.28. The molecule has 1 fully saturated rings. The molecule has 1 amide bonds. The third kappa shape index (κ3) is 3.57. The minimum atomic E-state index is -0.654. The number of benzene rings is 2. The molecular weight excluding hydrogens is 320 g/mol. The normalized spacial score (nSPS) is 14.7. The first-order chi connectivity index (χ1) is 11.5. The van der Waals surface area contributed by atoms with Gasteiger partial charge >= 0.3 is 0 Å². The topological polar surface area (TPSA) is 32.3 Å². The van der Waals surface area contributed by atoms with Gasteiger partial charge in [0.15, 0.2) is 0 Å². The molecule has 3 nitrogen and oxygen atoms in total. The van der Waals surface area contributed by atoms with Crippen LogP contribution >= 0.6 is 11.6 Å². The molecule has 2 aromatic rings. The van der Waals surface area contributed by atoms with Crippen LogP contribution in [0.2, 0.25) is 5.02 Å². The molecule has 2 aromatic carbocycles. The first-order valence-corrected chi connectivity index (χ1v) is 8.77. The molecule has 1 heterocycles. The van der Waals surface area contributed by atoms with Crippen LogP contribution in [0, 0.1) is 0 Å². The van der Waals surface area contributed by atoms with Crippen molar-refractivity contribution >= 4 is 28.9 Å². The van der Waals surface area contributed by atoms with Crippen molar-refractivity contribution in [3.63, 3.8) is 0 Å². The number of rotatable bonds is 4. The Morgan fingerprint density at radius 1 is 1.08 bits per heavy atom. The lowest BCUT2D eigenvalue weighted by Crippen LogP contribution is -2.34. The average Bonchev–Trinajstić information content (AvgIpc) is 3.10. The Bertz CT molecular complexity index is 719. The first-order valence-electron chi connectivity index (χ1n) is 8.39. The van der Waals surface area contributed by atoms with E-state index in [2.05, 4.69) is 22.3 Å². The number of anilines is 2. The third-order valence-corrected chi connectivity index (χ3v) is 4.95. The lowest BCUT2D eigenvalue weighted by atomic mass is 9.83. The van der Waals surface area contributed by atoms with Crippen LogP contribution in [0.25, 0.3) is 0 Å². The van der Waals surface area contributed by atoms with Gasteiger partial charge in [-0.3, -0.25) is 4.79 Å². The molecule has 0 saturated carbocycles. The number of nitrogens with one attached hydrogen (secondary N) is 1. The summed E-state index contributed by atoms with van der Waals surface area (Å²) in [5, 5.41) is 3.66. The van der Waals surface area contributed by atoms with Crippen molar-refractivity contribution in [2.45, 2.75) is 32.1 Å². The highest BCUT2D eigenvalue weighted by atomic mass is 35.5. The molecular formula is C20H23ClN2O. The van der Waals surface area contributed by atoms with Gasteiger partial charge in [0.2, 0.25) is 5.91 Å². The summed E-state index contributed by atoms with van der Waals surface area (Å²) in [6.45, 7) is 6.06. The van der Waals surface area contributed by atoms with Crippen LogP contribution in [0.5, 0.6) is 0 Å². The van der Waals surface area contributed by atoms with Gasteiger partial charge < -0.3 is 10.2 Å². The first kappa shape index (κ1) is 16.8. The summed E-state index contributed by atoms with van der Waals surface area (Å²) in [7, 11) is 0. The fourth-order valence-corrected chi connectivity index (χ4v) is 3.22. The molecule has 1 aliphatic heterocycles. The summed E-state index contributed by atoms with van der Waals surface area (Å²) in [6.07, 6.45) is 2.51. The van der Waals surface area contributed by atoms with E-state index in [1.165, 1.54) is 18.5 Å². The van der Waals surface area contributed by atoms with Crippen molar-refractivity contribution in [3.8, 4) is 0 Å². The molecule has 1 N–H and O–H groups in total. The van der Waals surface area contributed by atoms with E-state index < -0.39 is 5.41 Å². The molecule has 1 aliphatic rings. The summed E-state index contributed by atoms with van der Waals surface area (Å²) in [6, 6.07) is 15.6. The maximum absolute atomic E-state index is 12.7. The van der Waals surface area contributed by atoms with Crippen molar-refractivity contribution in [2.24, 2.45) is 0 Å². The minimum absolute atomic E-state index is 0.0429. The summed E-state index contributed by atoms with van der Waals surface area (Å²) < 4.78 is 0. The number of carbonyl (C=O) groups excluding carboxylic acids is 1. The van der Waals surface area contributed by atoms with Crippen LogP contribution < -0.4 is 10.2 Å². The van der Waals surface area contributed by atoms with Gasteiger partial charge in [-0.15, -0.1) is 0 Å². The standard InChI is InChI=1S/C20H23ClN2O/c1-20(2,15-6-5-7-16(21)14-15)19(24)22-17-8-10-18(11-9-17)23-12-3-4-13-23/h5-11,14H,3-4,12-13H2,1-2H3,(H,22,24). The number of hydrogen-bond donors (Lipinski definition) is 1. The minimum Gasteiger partial charge on any atom is -0.372 e. The fourth-order valence-electron chi connectivity index (χ4n) is 3.03. The van der Waals surface area contributed by atoms with Gasteiger partial charge in [0.25, 0.3) is 0 Å². The average molecular weight is 343 g/mol. The van der Waals surface area contributed by atoms with E-state index in [1.807, 2.05) is 50.2 Å². The van der Waals surface area contributed by atoms with Gasteiger partial charge in [-0.05, 0) is 68.7 Å². The van der Waals surface area contributed by atoms with Crippen LogP contribution in [0.15, 0.2) is 48.5 Å². The van der Waals surface area contributed by atoms with Gasteiger partial charge in [0.1, 0.15) is 0 Å². The van der Waals surface area contributed by atoms with Gasteiger partial charge in [0.05, 0.1) is 5.41 Å². The quantitative estimate of drug-likeness (QED) is 0.860. The Balaban J connectivity index is 1.71. The Morgan fingerprint density at radius 2 is 1.75 bits per heavy atom. The molecule has 24 heavy (non-hydrogen) atoms. The van der Waals surface area contributed by atoms with E-state index in [-0.39, 0.29) is 5.91 Å². The number of carbonyl (C=O) groups is 1. The van der Waals surface area contributed by atoms with Gasteiger partial charge in [-0.25, -0.2) is 0 Å². The SMILES string of the molecule is CC(C)(C(=O)Nc1ccc(N2CCCC2)cc1)c1cccc(Cl)c1. The molecule has 0 bridgehead atoms. The van der Waals surface area contributed by atoms with Crippen LogP contribution in [0.4, 0.5) is 11.4 Å². The number of nitrogens with zero attached hydrogens (tertiary/aromatic N) is 1. The molecule has 0 aliphatic carbocycles. The second kappa shape index (κ2) is 6.86. The van der Waals surface area contributed by atoms with E-state index in [1.54, 1.807) is 0 Å². The largest absolute Gasteiger partial charge is 0.372 e. The molecule has 4 heteroatoms. The summed E-state index contributed by atoms with van der Waals surface area (Å²) in [5.41, 5.74) is 2.29. The molecule has 1 saturated heterocycles. The second-order valence-electron chi connectivity index (χ2n) is 6.83. The Labute approximate surface area is 148 Å². The van der Waals surface area contributed by atoms with Gasteiger partial charge in [-0.1, -0.05) is 23.7 Å². The van der Waals surface area contributed by atoms with E-state index in [0.717, 1.165) is 24.3 Å². The molecule has 126 valence electrons. The van der Waals surface area contributed by atoms with Crippen LogP contribution in [0.3, 0.4) is 0 Å². The predicted octanol–water partition coefficient (Wildman–Crippen LogP) is 4.86. The zero-order valence-electron chi connectivity index (χ0n) is 14.2. The molecule has 0 atom stereocenters. The lowest BCUT2D eigenvalue weighted by Gasteiger charge is -2.25. The Kier molecular flexibility index (Phi) is 4.81. The van der Waals surface area contributed by atoms with Crippen LogP contribution in [0.1, 0.15) is 32.3 Å². The zero-order chi connectivity index (χ0) is 17.2. The number of amides is 1. The van der Waals surface area contributed by atoms with E-state index in [0.29, 0.717) is 5.02 Å². The monoisotopic (exact) mass is 342 g/mol. The summed E-state index contributed by atoms with van der Waals surface area (Å²) in [5.74, 6) is -0.0429. The summed E-state index contributed by atoms with van der Waals surface area (Å²) >= 11 is 6.06. The maximum Gasteiger partial charge on any atom is 0.234 e. The lowest BCUT2D eigenvalue weighted by molar-refractivity contribution is -0.120. The smallest absolute Gasteiger partial charge is 0.234 e. The highest BCUT2D eigenvalue weighted by molar-refractivity contribution is 6.30. The van der Waals surface area contributed by atoms with Gasteiger partial charge in [0, 0.05) is 29.5 Å². The zero-order valence-corrected chi connectivity index (χ0v) is 14.9. The second-order valence-corrected chi connectivity index (χ2v) is 7.27. The van der Waals surface area contributed by atoms with Crippen molar-refractivity contribution in [1.29, 1.82) is 0 Å². The number of halogens is 1. The highest BCUT2D eigenvalue weighted by Gasteiger charge is 2.30. The van der Waals surface area contributed by atoms with Crippen molar-refractivity contribution in [3.05, 3.63) is 59.1 Å². The van der Waals surface area contributed by atoms with E-state index in [9.17, 15) is 4.79 Å². The van der Waals surface area contributed by atoms with Gasteiger partial charge in [-0.2, -0.15) is 0 Å². The Morgan fingerprint density at radius 3 is 2.38 bits per heavy atom. The fraction of sp³-hybridized carbons (Fsp3) is 0.350. The van der Waals surface area contributed by atoms with Crippen molar-refractivity contribution < 1.29 is 4.79 Å². The molecule has 0 unspecified atom stereocenters. The third-order valence-electron chi connectivity index (χ3n) is 4.71. The Hall–Kier alpha value is -2.00. The maximum atomic E-state index is 12.7. The molecule has 0 radical (unpaired) electrons. The molecule has 0 aromatic heterocycles. The molecule has 3 rings (SSSR count). The van der Waals surface area contributed by atoms with E-state index >= 15 is 0 Å². The van der Waals surface area contributed by atoms with Crippen LogP contribution in [-0.4, -0.2) is 19.0 Å².